The van der Waals surface area contributed by atoms with Gasteiger partial charge >= 0.3 is 0 Å². The molecule has 0 unspecified atom stereocenters. The van der Waals surface area contributed by atoms with Crippen molar-refractivity contribution in [1.29, 1.82) is 0 Å². The molecule has 0 aliphatic rings. The molecule has 2 aromatic carbocycles. The van der Waals surface area contributed by atoms with Gasteiger partial charge in [0.15, 0.2) is 0 Å². The summed E-state index contributed by atoms with van der Waals surface area (Å²) < 4.78 is 5.84. The molecule has 3 N–H and O–H groups in total. The molecule has 0 fully saturated rings. The van der Waals surface area contributed by atoms with Crippen molar-refractivity contribution in [3.8, 4) is 16.9 Å². The summed E-state index contributed by atoms with van der Waals surface area (Å²) in [6, 6.07) is 13.5. The van der Waals surface area contributed by atoms with E-state index in [1.54, 1.807) is 6.07 Å². The molecule has 0 aliphatic heterocycles. The zero-order valence-corrected chi connectivity index (χ0v) is 15.3. The average molecular weight is 340 g/mol. The monoisotopic (exact) mass is 340 g/mol. The van der Waals surface area contributed by atoms with Gasteiger partial charge in [-0.05, 0) is 66.8 Å². The Bertz CT molecular complexity index is 711. The summed E-state index contributed by atoms with van der Waals surface area (Å²) in [6.45, 7) is 8.92. The molecule has 4 heteroatoms. The Hall–Kier alpha value is -2.33. The van der Waals surface area contributed by atoms with Crippen molar-refractivity contribution in [2.45, 2.75) is 27.2 Å². The minimum absolute atomic E-state index is 0.406. The number of carbonyl (C=O) groups is 1. The molecule has 0 heterocycles. The highest BCUT2D eigenvalue weighted by molar-refractivity contribution is 5.93. The Balaban J connectivity index is 1.96. The minimum atomic E-state index is -0.406. The lowest BCUT2D eigenvalue weighted by Crippen LogP contribution is -2.23. The standard InChI is InChI=1S/C21H28N2O2/c1-15(2)9-10-23-11-12-25-19-6-4-5-17(14-19)20-8-7-18(21(22)24)13-16(20)3/h4-8,13-15,23H,9-12H2,1-3H3,(H2,22,24). The summed E-state index contributed by atoms with van der Waals surface area (Å²) in [4.78, 5) is 11.3. The van der Waals surface area contributed by atoms with E-state index in [9.17, 15) is 4.79 Å². The molecule has 0 atom stereocenters. The van der Waals surface area contributed by atoms with E-state index < -0.39 is 5.91 Å². The normalized spacial score (nSPS) is 10.9. The Morgan fingerprint density at radius 3 is 2.64 bits per heavy atom. The maximum absolute atomic E-state index is 11.3. The van der Waals surface area contributed by atoms with Crippen LogP contribution in [0.25, 0.3) is 11.1 Å². The van der Waals surface area contributed by atoms with E-state index in [1.807, 2.05) is 43.3 Å². The molecule has 0 aromatic heterocycles. The minimum Gasteiger partial charge on any atom is -0.492 e. The lowest BCUT2D eigenvalue weighted by Gasteiger charge is -2.11. The summed E-state index contributed by atoms with van der Waals surface area (Å²) >= 11 is 0. The summed E-state index contributed by atoms with van der Waals surface area (Å²) in [5, 5.41) is 3.39. The van der Waals surface area contributed by atoms with Crippen LogP contribution in [0, 0.1) is 12.8 Å². The molecule has 0 radical (unpaired) electrons. The number of ether oxygens (including phenoxy) is 1. The van der Waals surface area contributed by atoms with Gasteiger partial charge in [0.25, 0.3) is 0 Å². The first kappa shape index (κ1) is 19.0. The lowest BCUT2D eigenvalue weighted by atomic mass is 9.98. The predicted octanol–water partition coefficient (Wildman–Crippen LogP) is 3.78. The molecule has 25 heavy (non-hydrogen) atoms. The molecule has 0 saturated carbocycles. The SMILES string of the molecule is Cc1cc(C(N)=O)ccc1-c1cccc(OCCNCCC(C)C)c1. The molecule has 0 bridgehead atoms. The Morgan fingerprint density at radius 1 is 1.16 bits per heavy atom. The maximum atomic E-state index is 11.3. The zero-order chi connectivity index (χ0) is 18.2. The van der Waals surface area contributed by atoms with Gasteiger partial charge in [0.05, 0.1) is 0 Å². The number of primary amides is 1. The van der Waals surface area contributed by atoms with Crippen LogP contribution in [0.3, 0.4) is 0 Å². The number of rotatable bonds is 9. The smallest absolute Gasteiger partial charge is 0.248 e. The van der Waals surface area contributed by atoms with Crippen molar-refractivity contribution in [2.24, 2.45) is 11.7 Å². The first-order valence-corrected chi connectivity index (χ1v) is 8.82. The fraction of sp³-hybridized carbons (Fsp3) is 0.381. The van der Waals surface area contributed by atoms with Crippen LogP contribution in [0.1, 0.15) is 36.2 Å². The quantitative estimate of drug-likeness (QED) is 0.683. The van der Waals surface area contributed by atoms with E-state index in [2.05, 4.69) is 19.2 Å². The summed E-state index contributed by atoms with van der Waals surface area (Å²) in [6.07, 6.45) is 1.18. The second-order valence-corrected chi connectivity index (χ2v) is 6.70. The van der Waals surface area contributed by atoms with Crippen LogP contribution in [0.5, 0.6) is 5.75 Å². The first-order chi connectivity index (χ1) is 12.0. The number of benzene rings is 2. The fourth-order valence-electron chi connectivity index (χ4n) is 2.65. The highest BCUT2D eigenvalue weighted by Crippen LogP contribution is 2.27. The van der Waals surface area contributed by atoms with Crippen LogP contribution in [0.2, 0.25) is 0 Å². The van der Waals surface area contributed by atoms with E-state index in [1.165, 1.54) is 6.42 Å². The van der Waals surface area contributed by atoms with Crippen molar-refractivity contribution >= 4 is 5.91 Å². The number of nitrogens with one attached hydrogen (secondary N) is 1. The zero-order valence-electron chi connectivity index (χ0n) is 15.3. The number of amides is 1. The van der Waals surface area contributed by atoms with Gasteiger partial charge < -0.3 is 15.8 Å². The highest BCUT2D eigenvalue weighted by Gasteiger charge is 2.07. The molecule has 1 amide bonds. The summed E-state index contributed by atoms with van der Waals surface area (Å²) in [7, 11) is 0. The molecule has 0 aliphatic carbocycles. The van der Waals surface area contributed by atoms with Crippen LogP contribution >= 0.6 is 0 Å². The van der Waals surface area contributed by atoms with Crippen molar-refractivity contribution in [2.75, 3.05) is 19.7 Å². The second-order valence-electron chi connectivity index (χ2n) is 6.70. The van der Waals surface area contributed by atoms with Gasteiger partial charge in [-0.3, -0.25) is 4.79 Å². The van der Waals surface area contributed by atoms with Crippen molar-refractivity contribution in [3.63, 3.8) is 0 Å². The molecule has 0 spiro atoms. The average Bonchev–Trinajstić information content (AvgIpc) is 2.57. The molecular weight excluding hydrogens is 312 g/mol. The number of nitrogens with two attached hydrogens (primary N) is 1. The lowest BCUT2D eigenvalue weighted by molar-refractivity contribution is 0.1000. The molecule has 2 rings (SSSR count). The van der Waals surface area contributed by atoms with E-state index >= 15 is 0 Å². The van der Waals surface area contributed by atoms with Crippen LogP contribution in [-0.4, -0.2) is 25.6 Å². The van der Waals surface area contributed by atoms with Gasteiger partial charge in [0.1, 0.15) is 12.4 Å². The number of hydrogen-bond donors (Lipinski definition) is 2. The number of carbonyl (C=O) groups excluding carboxylic acids is 1. The molecule has 134 valence electrons. The van der Waals surface area contributed by atoms with Crippen molar-refractivity contribution in [3.05, 3.63) is 53.6 Å². The number of aryl methyl sites for hydroxylation is 1. The Labute approximate surface area is 150 Å². The third-order valence-electron chi connectivity index (χ3n) is 4.10. The van der Waals surface area contributed by atoms with Crippen molar-refractivity contribution < 1.29 is 9.53 Å². The van der Waals surface area contributed by atoms with Crippen LogP contribution in [-0.2, 0) is 0 Å². The molecule has 0 saturated heterocycles. The Kier molecular flexibility index (Phi) is 7.02. The molecule has 4 nitrogen and oxygen atoms in total. The third kappa shape index (κ3) is 5.91. The molecular formula is C21H28N2O2. The third-order valence-corrected chi connectivity index (χ3v) is 4.10. The van der Waals surface area contributed by atoms with Gasteiger partial charge in [-0.1, -0.05) is 32.0 Å². The van der Waals surface area contributed by atoms with E-state index in [-0.39, 0.29) is 0 Å². The topological polar surface area (TPSA) is 64.4 Å². The molecule has 2 aromatic rings. The largest absolute Gasteiger partial charge is 0.492 e. The van der Waals surface area contributed by atoms with E-state index in [0.29, 0.717) is 18.1 Å². The van der Waals surface area contributed by atoms with E-state index in [4.69, 9.17) is 10.5 Å². The van der Waals surface area contributed by atoms with Crippen LogP contribution < -0.4 is 15.8 Å². The first-order valence-electron chi connectivity index (χ1n) is 8.82. The second kappa shape index (κ2) is 9.23. The van der Waals surface area contributed by atoms with Crippen molar-refractivity contribution in [1.82, 2.24) is 5.32 Å². The Morgan fingerprint density at radius 2 is 1.96 bits per heavy atom. The van der Waals surface area contributed by atoms with Gasteiger partial charge in [-0.15, -0.1) is 0 Å². The fourth-order valence-corrected chi connectivity index (χ4v) is 2.65. The van der Waals surface area contributed by atoms with Gasteiger partial charge in [0, 0.05) is 12.1 Å². The van der Waals surface area contributed by atoms with Crippen LogP contribution in [0.4, 0.5) is 0 Å². The van der Waals surface area contributed by atoms with Gasteiger partial charge in [-0.2, -0.15) is 0 Å². The van der Waals surface area contributed by atoms with E-state index in [0.717, 1.165) is 35.5 Å². The summed E-state index contributed by atoms with van der Waals surface area (Å²) in [5.41, 5.74) is 9.03. The summed E-state index contributed by atoms with van der Waals surface area (Å²) in [5.74, 6) is 1.16. The van der Waals surface area contributed by atoms with Gasteiger partial charge in [0.2, 0.25) is 5.91 Å². The van der Waals surface area contributed by atoms with Crippen LogP contribution in [0.15, 0.2) is 42.5 Å². The maximum Gasteiger partial charge on any atom is 0.248 e. The van der Waals surface area contributed by atoms with Gasteiger partial charge in [-0.25, -0.2) is 0 Å². The predicted molar refractivity (Wildman–Crippen MR) is 103 cm³/mol. The highest BCUT2D eigenvalue weighted by atomic mass is 16.5. The number of hydrogen-bond acceptors (Lipinski definition) is 3.